The molecule has 3 nitrogen and oxygen atoms in total. The maximum absolute atomic E-state index is 5.31. The zero-order valence-corrected chi connectivity index (χ0v) is 24.7. The standard InChI is InChI=1S/C40H27N3S/c1-3-12-26(13-4-1)34-25-35(27-14-5-2-6-15-27)42-40(41-34)43-36-20-9-7-16-30(36)33-24-28(22-23-37(33)43)29-18-11-19-32-31-17-8-10-21-38(31)44-39(29)32/h1-24,34H,25H2. The van der Waals surface area contributed by atoms with Gasteiger partial charge >= 0.3 is 0 Å². The van der Waals surface area contributed by atoms with Gasteiger partial charge in [0.05, 0.1) is 22.8 Å². The van der Waals surface area contributed by atoms with Crippen molar-refractivity contribution in [3.8, 4) is 11.1 Å². The van der Waals surface area contributed by atoms with E-state index in [1.54, 1.807) is 0 Å². The lowest BCUT2D eigenvalue weighted by atomic mass is 9.97. The Morgan fingerprint density at radius 2 is 1.27 bits per heavy atom. The van der Waals surface area contributed by atoms with Gasteiger partial charge in [-0.25, -0.2) is 9.98 Å². The van der Waals surface area contributed by atoms with E-state index in [2.05, 4.69) is 150 Å². The summed E-state index contributed by atoms with van der Waals surface area (Å²) in [7, 11) is 0. The topological polar surface area (TPSA) is 29.6 Å². The van der Waals surface area contributed by atoms with Gasteiger partial charge < -0.3 is 0 Å². The quantitative estimate of drug-likeness (QED) is 0.199. The van der Waals surface area contributed by atoms with Crippen molar-refractivity contribution in [3.05, 3.63) is 157 Å². The lowest BCUT2D eigenvalue weighted by Crippen LogP contribution is -2.21. The smallest absolute Gasteiger partial charge is 0.230 e. The van der Waals surface area contributed by atoms with E-state index in [1.807, 2.05) is 11.3 Å². The third-order valence-corrected chi connectivity index (χ3v) is 9.99. The third kappa shape index (κ3) is 4.03. The molecule has 0 spiro atoms. The minimum Gasteiger partial charge on any atom is -0.278 e. The Morgan fingerprint density at radius 1 is 0.568 bits per heavy atom. The molecule has 0 aliphatic carbocycles. The number of hydrogen-bond donors (Lipinski definition) is 0. The highest BCUT2D eigenvalue weighted by Crippen LogP contribution is 2.41. The SMILES string of the molecule is c1ccc(C2=NC(n3c4ccccc4c4cc(-c5cccc6c5sc5ccccc56)ccc43)=NC(c3ccccc3)C2)cc1. The molecule has 1 aliphatic heterocycles. The second-order valence-electron chi connectivity index (χ2n) is 11.3. The zero-order valence-electron chi connectivity index (χ0n) is 23.9. The Morgan fingerprint density at radius 3 is 2.14 bits per heavy atom. The molecule has 0 saturated carbocycles. The number of hydrogen-bond acceptors (Lipinski definition) is 3. The molecule has 0 radical (unpaired) electrons. The molecule has 1 unspecified atom stereocenters. The Kier molecular flexibility index (Phi) is 5.81. The van der Waals surface area contributed by atoms with Crippen molar-refractivity contribution in [2.45, 2.75) is 12.5 Å². The molecule has 0 fully saturated rings. The van der Waals surface area contributed by atoms with Crippen LogP contribution in [0.2, 0.25) is 0 Å². The fraction of sp³-hybridized carbons (Fsp3) is 0.0500. The zero-order chi connectivity index (χ0) is 29.0. The number of benzene rings is 6. The maximum atomic E-state index is 5.31. The molecule has 1 aliphatic rings. The van der Waals surface area contributed by atoms with E-state index in [0.717, 1.165) is 34.7 Å². The van der Waals surface area contributed by atoms with E-state index in [9.17, 15) is 0 Å². The van der Waals surface area contributed by atoms with Crippen LogP contribution in [0.15, 0.2) is 156 Å². The summed E-state index contributed by atoms with van der Waals surface area (Å²) in [6.07, 6.45) is 0.762. The van der Waals surface area contributed by atoms with Crippen LogP contribution in [0.25, 0.3) is 53.1 Å². The highest BCUT2D eigenvalue weighted by molar-refractivity contribution is 7.26. The molecule has 0 amide bonds. The molecular weight excluding hydrogens is 555 g/mol. The van der Waals surface area contributed by atoms with Gasteiger partial charge in [0, 0.05) is 37.4 Å². The monoisotopic (exact) mass is 581 g/mol. The Bertz CT molecular complexity index is 2410. The first-order valence-electron chi connectivity index (χ1n) is 15.0. The molecule has 0 bridgehead atoms. The molecule has 2 aromatic heterocycles. The maximum Gasteiger partial charge on any atom is 0.230 e. The number of rotatable bonds is 3. The lowest BCUT2D eigenvalue weighted by molar-refractivity contribution is 0.745. The van der Waals surface area contributed by atoms with Gasteiger partial charge in [-0.15, -0.1) is 11.3 Å². The fourth-order valence-electron chi connectivity index (χ4n) is 6.68. The van der Waals surface area contributed by atoms with Crippen molar-refractivity contribution < 1.29 is 0 Å². The van der Waals surface area contributed by atoms with Crippen LogP contribution in [0.3, 0.4) is 0 Å². The number of nitrogens with zero attached hydrogens (tertiary/aromatic N) is 3. The van der Waals surface area contributed by atoms with Crippen LogP contribution in [-0.2, 0) is 0 Å². The Hall–Kier alpha value is -5.32. The first-order valence-corrected chi connectivity index (χ1v) is 15.8. The minimum atomic E-state index is -0.0139. The van der Waals surface area contributed by atoms with Crippen LogP contribution in [-0.4, -0.2) is 16.2 Å². The average molecular weight is 582 g/mol. The van der Waals surface area contributed by atoms with Crippen LogP contribution in [0, 0.1) is 0 Å². The summed E-state index contributed by atoms with van der Waals surface area (Å²) in [6.45, 7) is 0. The summed E-state index contributed by atoms with van der Waals surface area (Å²) in [5.41, 5.74) is 8.12. The minimum absolute atomic E-state index is 0.0139. The summed E-state index contributed by atoms with van der Waals surface area (Å²) in [6, 6.07) is 52.0. The van der Waals surface area contributed by atoms with Gasteiger partial charge in [-0.3, -0.25) is 4.57 Å². The normalized spacial score (nSPS) is 15.2. The first kappa shape index (κ1) is 25.2. The molecule has 6 aromatic carbocycles. The number of aromatic nitrogens is 1. The van der Waals surface area contributed by atoms with Crippen molar-refractivity contribution >= 4 is 65.0 Å². The van der Waals surface area contributed by atoms with Crippen LogP contribution in [0.4, 0.5) is 0 Å². The van der Waals surface area contributed by atoms with Gasteiger partial charge in [-0.1, -0.05) is 121 Å². The van der Waals surface area contributed by atoms with Crippen LogP contribution >= 0.6 is 11.3 Å². The average Bonchev–Trinajstić information content (AvgIpc) is 3.64. The predicted molar refractivity (Wildman–Crippen MR) is 187 cm³/mol. The van der Waals surface area contributed by atoms with Gasteiger partial charge in [0.2, 0.25) is 5.96 Å². The highest BCUT2D eigenvalue weighted by Gasteiger charge is 2.24. The summed E-state index contributed by atoms with van der Waals surface area (Å²) in [5.74, 6) is 0.731. The van der Waals surface area contributed by atoms with Crippen molar-refractivity contribution in [1.82, 2.24) is 4.57 Å². The van der Waals surface area contributed by atoms with Gasteiger partial charge in [0.1, 0.15) is 0 Å². The second-order valence-corrected chi connectivity index (χ2v) is 12.4. The largest absolute Gasteiger partial charge is 0.278 e. The van der Waals surface area contributed by atoms with E-state index >= 15 is 0 Å². The summed E-state index contributed by atoms with van der Waals surface area (Å²) < 4.78 is 4.91. The number of aliphatic imine (C=N–C) groups is 2. The fourth-order valence-corrected chi connectivity index (χ4v) is 7.92. The van der Waals surface area contributed by atoms with Gasteiger partial charge in [0.25, 0.3) is 0 Å². The molecular formula is C40H27N3S. The molecule has 0 N–H and O–H groups in total. The van der Waals surface area contributed by atoms with Gasteiger partial charge in [0.15, 0.2) is 0 Å². The molecule has 0 saturated heterocycles. The van der Waals surface area contributed by atoms with E-state index < -0.39 is 0 Å². The highest BCUT2D eigenvalue weighted by atomic mass is 32.1. The van der Waals surface area contributed by atoms with Gasteiger partial charge in [-0.2, -0.15) is 0 Å². The summed E-state index contributed by atoms with van der Waals surface area (Å²) >= 11 is 1.87. The third-order valence-electron chi connectivity index (χ3n) is 8.77. The van der Waals surface area contributed by atoms with Crippen molar-refractivity contribution in [2.75, 3.05) is 0 Å². The molecule has 1 atom stereocenters. The lowest BCUT2D eigenvalue weighted by Gasteiger charge is -2.22. The number of para-hydroxylation sites is 1. The van der Waals surface area contributed by atoms with E-state index in [-0.39, 0.29) is 6.04 Å². The van der Waals surface area contributed by atoms with Gasteiger partial charge in [-0.05, 0) is 46.5 Å². The number of fused-ring (bicyclic) bond motifs is 6. The second kappa shape index (κ2) is 10.1. The predicted octanol–water partition coefficient (Wildman–Crippen LogP) is 10.7. The van der Waals surface area contributed by atoms with Crippen LogP contribution in [0.5, 0.6) is 0 Å². The van der Waals surface area contributed by atoms with Crippen LogP contribution < -0.4 is 0 Å². The number of thiophene rings is 1. The molecule has 44 heavy (non-hydrogen) atoms. The van der Waals surface area contributed by atoms with E-state index in [1.165, 1.54) is 47.6 Å². The first-order chi connectivity index (χ1) is 21.8. The molecule has 9 rings (SSSR count). The summed E-state index contributed by atoms with van der Waals surface area (Å²) in [4.78, 5) is 10.6. The Balaban J connectivity index is 1.26. The van der Waals surface area contributed by atoms with Crippen molar-refractivity contribution in [2.24, 2.45) is 9.98 Å². The molecule has 3 heterocycles. The van der Waals surface area contributed by atoms with Crippen molar-refractivity contribution in [3.63, 3.8) is 0 Å². The van der Waals surface area contributed by atoms with Crippen LogP contribution in [0.1, 0.15) is 23.6 Å². The van der Waals surface area contributed by atoms with Crippen molar-refractivity contribution in [1.29, 1.82) is 0 Å². The van der Waals surface area contributed by atoms with E-state index in [4.69, 9.17) is 9.98 Å². The molecule has 8 aromatic rings. The Labute approximate surface area is 259 Å². The summed E-state index contributed by atoms with van der Waals surface area (Å²) in [5, 5.41) is 5.05. The van der Waals surface area contributed by atoms with E-state index in [0.29, 0.717) is 0 Å². The molecule has 4 heteroatoms. The molecule has 208 valence electrons.